The summed E-state index contributed by atoms with van der Waals surface area (Å²) in [6.07, 6.45) is 0.0916. The van der Waals surface area contributed by atoms with Crippen LogP contribution in [0.1, 0.15) is 26.4 Å². The Morgan fingerprint density at radius 2 is 1.53 bits per heavy atom. The number of aromatic amines is 1. The maximum atomic E-state index is 12.9. The number of carboxylic acid groups (broad SMARTS) is 1. The lowest BCUT2D eigenvalue weighted by atomic mass is 10.1. The van der Waals surface area contributed by atoms with Gasteiger partial charge in [-0.2, -0.15) is 0 Å². The highest BCUT2D eigenvalue weighted by Gasteiger charge is 2.23. The molecule has 2 amide bonds. The number of carboxylic acids is 1. The molecule has 1 aromatic heterocycles. The fraction of sp³-hybridized carbons (Fsp3) is 0.0800. The average molecular weight is 427 g/mol. The molecule has 0 aliphatic rings. The Labute approximate surface area is 184 Å². The van der Waals surface area contributed by atoms with Crippen molar-refractivity contribution in [2.45, 2.75) is 12.5 Å². The molecule has 7 nitrogen and oxygen atoms in total. The summed E-state index contributed by atoms with van der Waals surface area (Å²) in [5.74, 6) is -2.10. The Morgan fingerprint density at radius 1 is 0.844 bits per heavy atom. The first-order chi connectivity index (χ1) is 15.5. The fourth-order valence-corrected chi connectivity index (χ4v) is 3.47. The molecule has 0 spiro atoms. The lowest BCUT2D eigenvalue weighted by Crippen LogP contribution is -2.42. The van der Waals surface area contributed by atoms with Crippen LogP contribution in [0, 0.1) is 0 Å². The molecule has 1 unspecified atom stereocenters. The van der Waals surface area contributed by atoms with Crippen LogP contribution in [-0.4, -0.2) is 33.9 Å². The molecule has 0 saturated carbocycles. The van der Waals surface area contributed by atoms with E-state index in [0.717, 1.165) is 10.9 Å². The van der Waals surface area contributed by atoms with Gasteiger partial charge in [-0.1, -0.05) is 48.5 Å². The third-order valence-corrected chi connectivity index (χ3v) is 5.07. The number of aliphatic carboxylic acids is 1. The van der Waals surface area contributed by atoms with Gasteiger partial charge in [0.1, 0.15) is 6.04 Å². The first kappa shape index (κ1) is 20.9. The Balaban J connectivity index is 1.51. The summed E-state index contributed by atoms with van der Waals surface area (Å²) in [5, 5.41) is 15.9. The summed E-state index contributed by atoms with van der Waals surface area (Å²) in [7, 11) is 0. The van der Waals surface area contributed by atoms with E-state index < -0.39 is 17.9 Å². The fourth-order valence-electron chi connectivity index (χ4n) is 3.47. The smallest absolute Gasteiger partial charge is 0.326 e. The van der Waals surface area contributed by atoms with Crippen molar-refractivity contribution < 1.29 is 19.5 Å². The van der Waals surface area contributed by atoms with Crippen molar-refractivity contribution in [1.29, 1.82) is 0 Å². The van der Waals surface area contributed by atoms with E-state index in [9.17, 15) is 19.5 Å². The predicted molar refractivity (Wildman–Crippen MR) is 122 cm³/mol. The van der Waals surface area contributed by atoms with Crippen molar-refractivity contribution in [3.05, 3.63) is 102 Å². The monoisotopic (exact) mass is 427 g/mol. The van der Waals surface area contributed by atoms with E-state index in [0.29, 0.717) is 16.9 Å². The Hall–Kier alpha value is -4.39. The molecule has 3 aromatic carbocycles. The van der Waals surface area contributed by atoms with Crippen molar-refractivity contribution in [2.24, 2.45) is 0 Å². The number of carbonyl (C=O) groups excluding carboxylic acids is 2. The van der Waals surface area contributed by atoms with Gasteiger partial charge in [0.05, 0.1) is 11.3 Å². The van der Waals surface area contributed by atoms with Crippen LogP contribution in [0.2, 0.25) is 0 Å². The minimum absolute atomic E-state index is 0.0916. The molecule has 4 rings (SSSR count). The number of carbonyl (C=O) groups is 3. The van der Waals surface area contributed by atoms with Gasteiger partial charge in [-0.15, -0.1) is 0 Å². The second-order valence-electron chi connectivity index (χ2n) is 7.32. The number of hydrogen-bond donors (Lipinski definition) is 4. The standard InChI is InChI=1S/C25H21N3O4/c29-23(16-8-2-1-3-9-16)27-21-13-7-5-11-19(21)24(30)28-22(25(31)32)15-18-14-17-10-4-6-12-20(17)26-18/h1-14,22,26H,15H2,(H,27,29)(H,28,30)(H,31,32). The third kappa shape index (κ3) is 4.67. The van der Waals surface area contributed by atoms with E-state index in [4.69, 9.17) is 0 Å². The van der Waals surface area contributed by atoms with Crippen molar-refractivity contribution >= 4 is 34.4 Å². The second kappa shape index (κ2) is 9.18. The van der Waals surface area contributed by atoms with Crippen molar-refractivity contribution in [3.8, 4) is 0 Å². The number of nitrogens with one attached hydrogen (secondary N) is 3. The van der Waals surface area contributed by atoms with Crippen LogP contribution >= 0.6 is 0 Å². The number of amides is 2. The molecule has 1 heterocycles. The number of fused-ring (bicyclic) bond motifs is 1. The largest absolute Gasteiger partial charge is 0.480 e. The number of hydrogen-bond acceptors (Lipinski definition) is 3. The second-order valence-corrected chi connectivity index (χ2v) is 7.32. The first-order valence-corrected chi connectivity index (χ1v) is 10.1. The summed E-state index contributed by atoms with van der Waals surface area (Å²) in [4.78, 5) is 40.4. The lowest BCUT2D eigenvalue weighted by Gasteiger charge is -2.16. The van der Waals surface area contributed by atoms with Crippen LogP contribution in [0.3, 0.4) is 0 Å². The predicted octanol–water partition coefficient (Wildman–Crippen LogP) is 3.85. The molecule has 4 N–H and O–H groups in total. The van der Waals surface area contributed by atoms with Crippen LogP contribution in [0.25, 0.3) is 10.9 Å². The molecule has 0 aliphatic carbocycles. The number of H-pyrrole nitrogens is 1. The number of aromatic nitrogens is 1. The highest BCUT2D eigenvalue weighted by molar-refractivity contribution is 6.09. The molecule has 0 aliphatic heterocycles. The van der Waals surface area contributed by atoms with Gasteiger partial charge in [0.2, 0.25) is 0 Å². The van der Waals surface area contributed by atoms with Crippen LogP contribution in [-0.2, 0) is 11.2 Å². The lowest BCUT2D eigenvalue weighted by molar-refractivity contribution is -0.139. The van der Waals surface area contributed by atoms with E-state index in [-0.39, 0.29) is 17.9 Å². The number of anilines is 1. The van der Waals surface area contributed by atoms with E-state index >= 15 is 0 Å². The van der Waals surface area contributed by atoms with Gasteiger partial charge in [-0.05, 0) is 41.8 Å². The molecule has 1 atom stereocenters. The maximum Gasteiger partial charge on any atom is 0.326 e. The molecule has 160 valence electrons. The van der Waals surface area contributed by atoms with E-state index in [1.165, 1.54) is 6.07 Å². The molecule has 0 saturated heterocycles. The summed E-state index contributed by atoms with van der Waals surface area (Å²) in [6.45, 7) is 0. The Morgan fingerprint density at radius 3 is 2.28 bits per heavy atom. The van der Waals surface area contributed by atoms with Crippen LogP contribution < -0.4 is 10.6 Å². The molecule has 32 heavy (non-hydrogen) atoms. The summed E-state index contributed by atoms with van der Waals surface area (Å²) >= 11 is 0. The first-order valence-electron chi connectivity index (χ1n) is 10.1. The summed E-state index contributed by atoms with van der Waals surface area (Å²) in [5.41, 5.74) is 2.52. The Bertz CT molecular complexity index is 1250. The zero-order chi connectivity index (χ0) is 22.5. The normalized spacial score (nSPS) is 11.6. The summed E-state index contributed by atoms with van der Waals surface area (Å²) < 4.78 is 0. The zero-order valence-electron chi connectivity index (χ0n) is 17.0. The molecule has 0 bridgehead atoms. The zero-order valence-corrected chi connectivity index (χ0v) is 17.0. The van der Waals surface area contributed by atoms with E-state index in [1.54, 1.807) is 48.5 Å². The number of rotatable bonds is 7. The molecular formula is C25H21N3O4. The van der Waals surface area contributed by atoms with Gasteiger partial charge in [0.25, 0.3) is 11.8 Å². The third-order valence-electron chi connectivity index (χ3n) is 5.07. The highest BCUT2D eigenvalue weighted by atomic mass is 16.4. The van der Waals surface area contributed by atoms with Crippen LogP contribution in [0.15, 0.2) is 84.9 Å². The quantitative estimate of drug-likeness (QED) is 0.359. The van der Waals surface area contributed by atoms with E-state index in [1.807, 2.05) is 30.3 Å². The topological polar surface area (TPSA) is 111 Å². The highest BCUT2D eigenvalue weighted by Crippen LogP contribution is 2.18. The number of para-hydroxylation sites is 2. The minimum atomic E-state index is -1.15. The van der Waals surface area contributed by atoms with Gasteiger partial charge in [-0.25, -0.2) is 4.79 Å². The van der Waals surface area contributed by atoms with Gasteiger partial charge >= 0.3 is 5.97 Å². The number of benzene rings is 3. The van der Waals surface area contributed by atoms with Gasteiger partial charge in [0, 0.05) is 23.2 Å². The van der Waals surface area contributed by atoms with Crippen LogP contribution in [0.5, 0.6) is 0 Å². The molecule has 0 radical (unpaired) electrons. The van der Waals surface area contributed by atoms with Gasteiger partial charge in [0.15, 0.2) is 0 Å². The van der Waals surface area contributed by atoms with Gasteiger partial charge < -0.3 is 20.7 Å². The van der Waals surface area contributed by atoms with Crippen molar-refractivity contribution in [2.75, 3.05) is 5.32 Å². The van der Waals surface area contributed by atoms with Crippen molar-refractivity contribution in [3.63, 3.8) is 0 Å². The minimum Gasteiger partial charge on any atom is -0.480 e. The maximum absolute atomic E-state index is 12.9. The molecule has 0 fully saturated rings. The summed E-state index contributed by atoms with van der Waals surface area (Å²) in [6, 6.07) is 23.4. The van der Waals surface area contributed by atoms with Crippen LogP contribution in [0.4, 0.5) is 5.69 Å². The van der Waals surface area contributed by atoms with E-state index in [2.05, 4.69) is 15.6 Å². The SMILES string of the molecule is O=C(Nc1ccccc1C(=O)NC(Cc1cc2ccccc2[nH]1)C(=O)O)c1ccccc1. The molecule has 7 heteroatoms. The van der Waals surface area contributed by atoms with Gasteiger partial charge in [-0.3, -0.25) is 9.59 Å². The average Bonchev–Trinajstić information content (AvgIpc) is 3.22. The molecule has 4 aromatic rings. The van der Waals surface area contributed by atoms with Crippen molar-refractivity contribution in [1.82, 2.24) is 10.3 Å². The molecular weight excluding hydrogens is 406 g/mol. The Kier molecular flexibility index (Phi) is 5.98.